The van der Waals surface area contributed by atoms with Crippen LogP contribution < -0.4 is 0 Å². The van der Waals surface area contributed by atoms with E-state index in [2.05, 4.69) is 16.8 Å². The fourth-order valence-electron chi connectivity index (χ4n) is 1.59. The number of nitrogens with zero attached hydrogens (tertiary/aromatic N) is 3. The van der Waals surface area contributed by atoms with Crippen LogP contribution in [0.25, 0.3) is 0 Å². The molecule has 0 aromatic rings. The van der Waals surface area contributed by atoms with E-state index in [1.807, 2.05) is 39.0 Å². The minimum Gasteiger partial charge on any atom is -0.390 e. The molecule has 0 saturated heterocycles. The second-order valence-corrected chi connectivity index (χ2v) is 4.66. The third kappa shape index (κ3) is 7.19. The number of hydrogen-bond acceptors (Lipinski definition) is 4. The number of aliphatic hydroxyl groups is 1. The lowest BCUT2D eigenvalue weighted by atomic mass is 10.2. The maximum atomic E-state index is 9.90. The Hall–Kier alpha value is -1.20. The topological polar surface area (TPSA) is 62.9 Å². The molecule has 0 spiro atoms. The number of aliphatic imine (C=N–C) groups is 1. The van der Waals surface area contributed by atoms with Crippen LogP contribution in [0.15, 0.2) is 16.8 Å². The van der Waals surface area contributed by atoms with Crippen molar-refractivity contribution >= 4 is 12.1 Å². The van der Waals surface area contributed by atoms with Gasteiger partial charge in [-0.05, 0) is 40.4 Å². The van der Waals surface area contributed by atoms with Crippen LogP contribution in [0.4, 0.5) is 0 Å². The highest BCUT2D eigenvalue weighted by molar-refractivity contribution is 6.01. The normalized spacial score (nSPS) is 14.8. The van der Waals surface area contributed by atoms with Crippen LogP contribution in [0, 0.1) is 5.41 Å². The third-order valence-electron chi connectivity index (χ3n) is 2.63. The summed E-state index contributed by atoms with van der Waals surface area (Å²) in [4.78, 5) is 7.96. The highest BCUT2D eigenvalue weighted by Gasteiger charge is 2.09. The maximum absolute atomic E-state index is 9.90. The minimum atomic E-state index is -0.371. The Morgan fingerprint density at radius 1 is 1.33 bits per heavy atom. The molecule has 0 saturated carbocycles. The fourth-order valence-corrected chi connectivity index (χ4v) is 1.59. The first-order chi connectivity index (χ1) is 8.40. The maximum Gasteiger partial charge on any atom is 0.107 e. The van der Waals surface area contributed by atoms with Crippen molar-refractivity contribution in [3.05, 3.63) is 11.8 Å². The van der Waals surface area contributed by atoms with E-state index in [0.717, 1.165) is 24.2 Å². The van der Waals surface area contributed by atoms with E-state index < -0.39 is 0 Å². The van der Waals surface area contributed by atoms with Gasteiger partial charge in [-0.15, -0.1) is 0 Å². The Bertz CT molecular complexity index is 310. The molecule has 0 bridgehead atoms. The SMILES string of the molecule is CCN(/C=C(C)/C(C)=N\C=N)C[C@H](O)CN(C)C. The van der Waals surface area contributed by atoms with E-state index >= 15 is 0 Å². The fraction of sp³-hybridized carbons (Fsp3) is 0.692. The number of allylic oxidation sites excluding steroid dienone is 1. The van der Waals surface area contributed by atoms with Crippen molar-refractivity contribution in [2.24, 2.45) is 4.99 Å². The summed E-state index contributed by atoms with van der Waals surface area (Å²) < 4.78 is 0. The molecule has 0 aromatic carbocycles. The van der Waals surface area contributed by atoms with Gasteiger partial charge in [0.1, 0.15) is 6.34 Å². The van der Waals surface area contributed by atoms with E-state index in [1.165, 1.54) is 0 Å². The summed E-state index contributed by atoms with van der Waals surface area (Å²) in [7, 11) is 3.89. The van der Waals surface area contributed by atoms with Crippen molar-refractivity contribution < 1.29 is 5.11 Å². The van der Waals surface area contributed by atoms with Gasteiger partial charge in [0.2, 0.25) is 0 Å². The molecule has 0 fully saturated rings. The highest BCUT2D eigenvalue weighted by atomic mass is 16.3. The molecule has 5 heteroatoms. The number of rotatable bonds is 8. The van der Waals surface area contributed by atoms with Crippen LogP contribution in [-0.4, -0.2) is 66.8 Å². The van der Waals surface area contributed by atoms with Gasteiger partial charge in [-0.3, -0.25) is 5.41 Å². The smallest absolute Gasteiger partial charge is 0.107 e. The van der Waals surface area contributed by atoms with Gasteiger partial charge in [-0.25, -0.2) is 4.99 Å². The summed E-state index contributed by atoms with van der Waals surface area (Å²) in [5.41, 5.74) is 1.84. The van der Waals surface area contributed by atoms with Crippen LogP contribution in [0.1, 0.15) is 20.8 Å². The van der Waals surface area contributed by atoms with E-state index in [1.54, 1.807) is 0 Å². The van der Waals surface area contributed by atoms with Crippen LogP contribution in [0.3, 0.4) is 0 Å². The first kappa shape index (κ1) is 16.8. The quantitative estimate of drug-likeness (QED) is 0.505. The highest BCUT2D eigenvalue weighted by Crippen LogP contribution is 2.02. The van der Waals surface area contributed by atoms with E-state index in [9.17, 15) is 5.11 Å². The minimum absolute atomic E-state index is 0.371. The average Bonchev–Trinajstić information content (AvgIpc) is 2.27. The summed E-state index contributed by atoms with van der Waals surface area (Å²) in [6.07, 6.45) is 2.66. The molecule has 18 heavy (non-hydrogen) atoms. The van der Waals surface area contributed by atoms with Gasteiger partial charge in [0.05, 0.1) is 6.10 Å². The van der Waals surface area contributed by atoms with Gasteiger partial charge in [-0.1, -0.05) is 0 Å². The molecule has 0 aliphatic heterocycles. The zero-order valence-electron chi connectivity index (χ0n) is 12.1. The van der Waals surface area contributed by atoms with Crippen molar-refractivity contribution in [1.29, 1.82) is 5.41 Å². The number of nitrogens with one attached hydrogen (secondary N) is 1. The average molecular weight is 254 g/mol. The lowest BCUT2D eigenvalue weighted by Gasteiger charge is -2.24. The lowest BCUT2D eigenvalue weighted by Crippen LogP contribution is -2.35. The van der Waals surface area contributed by atoms with E-state index in [-0.39, 0.29) is 6.10 Å². The van der Waals surface area contributed by atoms with Gasteiger partial charge >= 0.3 is 0 Å². The summed E-state index contributed by atoms with van der Waals surface area (Å²) >= 11 is 0. The second kappa shape index (κ2) is 8.83. The molecule has 104 valence electrons. The van der Waals surface area contributed by atoms with Gasteiger partial charge in [-0.2, -0.15) is 0 Å². The standard InChI is InChI=1S/C13H26N4O/c1-6-17(9-13(18)8-16(4)5)7-11(2)12(3)15-10-14/h7,10,13-14,18H,6,8-9H2,1-5H3/b11-7+,14-10?,15-12-/t13-/m1/s1. The first-order valence-corrected chi connectivity index (χ1v) is 6.19. The van der Waals surface area contributed by atoms with Crippen LogP contribution in [-0.2, 0) is 0 Å². The summed E-state index contributed by atoms with van der Waals surface area (Å²) in [6, 6.07) is 0. The number of hydrogen-bond donors (Lipinski definition) is 2. The second-order valence-electron chi connectivity index (χ2n) is 4.66. The predicted molar refractivity (Wildman–Crippen MR) is 77.5 cm³/mol. The molecule has 0 radical (unpaired) electrons. The van der Waals surface area contributed by atoms with Crippen molar-refractivity contribution in [3.8, 4) is 0 Å². The zero-order chi connectivity index (χ0) is 14.1. The Balaban J connectivity index is 4.55. The summed E-state index contributed by atoms with van der Waals surface area (Å²) in [6.45, 7) is 7.97. The van der Waals surface area contributed by atoms with Crippen molar-refractivity contribution in [3.63, 3.8) is 0 Å². The van der Waals surface area contributed by atoms with Gasteiger partial charge in [0.15, 0.2) is 0 Å². The molecular weight excluding hydrogens is 228 g/mol. The van der Waals surface area contributed by atoms with Gasteiger partial charge in [0.25, 0.3) is 0 Å². The zero-order valence-corrected chi connectivity index (χ0v) is 12.1. The lowest BCUT2D eigenvalue weighted by molar-refractivity contribution is 0.107. The number of aliphatic hydroxyl groups excluding tert-OH is 1. The largest absolute Gasteiger partial charge is 0.390 e. The summed E-state index contributed by atoms with van der Waals surface area (Å²) in [5.74, 6) is 0. The van der Waals surface area contributed by atoms with E-state index in [0.29, 0.717) is 13.1 Å². The van der Waals surface area contributed by atoms with Gasteiger partial charge in [0, 0.05) is 31.5 Å². The van der Waals surface area contributed by atoms with Crippen molar-refractivity contribution in [2.75, 3.05) is 33.7 Å². The molecule has 0 unspecified atom stereocenters. The Kier molecular flexibility index (Phi) is 8.24. The first-order valence-electron chi connectivity index (χ1n) is 6.19. The van der Waals surface area contributed by atoms with Crippen LogP contribution >= 0.6 is 0 Å². The Morgan fingerprint density at radius 3 is 2.39 bits per heavy atom. The van der Waals surface area contributed by atoms with Crippen LogP contribution in [0.2, 0.25) is 0 Å². The van der Waals surface area contributed by atoms with Crippen molar-refractivity contribution in [2.45, 2.75) is 26.9 Å². The summed E-state index contributed by atoms with van der Waals surface area (Å²) in [5, 5.41) is 16.8. The third-order valence-corrected chi connectivity index (χ3v) is 2.63. The molecule has 0 amide bonds. The molecule has 0 aromatic heterocycles. The molecule has 2 N–H and O–H groups in total. The molecule has 0 heterocycles. The predicted octanol–water partition coefficient (Wildman–Crippen LogP) is 1.20. The van der Waals surface area contributed by atoms with Crippen molar-refractivity contribution in [1.82, 2.24) is 9.80 Å². The Morgan fingerprint density at radius 2 is 1.94 bits per heavy atom. The van der Waals surface area contributed by atoms with Crippen LogP contribution in [0.5, 0.6) is 0 Å². The number of likely N-dealkylation sites (N-methyl/N-ethyl adjacent to an activating group) is 2. The molecule has 1 atom stereocenters. The van der Waals surface area contributed by atoms with Gasteiger partial charge < -0.3 is 14.9 Å². The molecule has 0 aliphatic rings. The Labute approximate surface area is 110 Å². The monoisotopic (exact) mass is 254 g/mol. The molecule has 0 rings (SSSR count). The molecule has 0 aliphatic carbocycles. The molecular formula is C13H26N4O. The molecule has 5 nitrogen and oxygen atoms in total. The van der Waals surface area contributed by atoms with E-state index in [4.69, 9.17) is 5.41 Å².